The Kier molecular flexibility index (Phi) is 4.36. The predicted molar refractivity (Wildman–Crippen MR) is 64.9 cm³/mol. The number of carbonyl (C=O) groups is 1. The summed E-state index contributed by atoms with van der Waals surface area (Å²) in [6, 6.07) is 3.30. The highest BCUT2D eigenvalue weighted by Gasteiger charge is 2.13. The van der Waals surface area contributed by atoms with Gasteiger partial charge in [-0.25, -0.2) is 0 Å². The largest absolute Gasteiger partial charge is 0.496 e. The SMILES string of the molecule is COc1cc(C)c(Cl)c(C)c1CNC(=O)C#N. The van der Waals surface area contributed by atoms with Gasteiger partial charge in [0.25, 0.3) is 0 Å². The Balaban J connectivity index is 3.09. The monoisotopic (exact) mass is 252 g/mol. The van der Waals surface area contributed by atoms with Crippen molar-refractivity contribution < 1.29 is 9.53 Å². The van der Waals surface area contributed by atoms with E-state index in [0.29, 0.717) is 10.8 Å². The van der Waals surface area contributed by atoms with Crippen molar-refractivity contribution >= 4 is 17.5 Å². The molecule has 0 saturated carbocycles. The standard InChI is InChI=1S/C12H13ClN2O2/c1-7-4-10(17-3)9(8(2)12(7)13)6-15-11(16)5-14/h4H,6H2,1-3H3,(H,15,16). The molecule has 0 aliphatic carbocycles. The first-order valence-corrected chi connectivity index (χ1v) is 5.39. The minimum atomic E-state index is -0.678. The molecule has 17 heavy (non-hydrogen) atoms. The molecule has 0 heterocycles. The van der Waals surface area contributed by atoms with Crippen LogP contribution in [0, 0.1) is 25.2 Å². The fraction of sp³-hybridized carbons (Fsp3) is 0.333. The molecule has 5 heteroatoms. The zero-order chi connectivity index (χ0) is 13.0. The number of ether oxygens (including phenoxy) is 1. The van der Waals surface area contributed by atoms with E-state index in [4.69, 9.17) is 21.6 Å². The normalized spacial score (nSPS) is 9.59. The summed E-state index contributed by atoms with van der Waals surface area (Å²) in [5.74, 6) is -0.0224. The molecule has 1 amide bonds. The third kappa shape index (κ3) is 2.89. The van der Waals surface area contributed by atoms with Gasteiger partial charge in [-0.05, 0) is 31.0 Å². The van der Waals surface area contributed by atoms with Crippen LogP contribution in [-0.2, 0) is 11.3 Å². The number of hydrogen-bond acceptors (Lipinski definition) is 3. The molecule has 90 valence electrons. The van der Waals surface area contributed by atoms with E-state index in [9.17, 15) is 4.79 Å². The summed E-state index contributed by atoms with van der Waals surface area (Å²) >= 11 is 6.13. The fourth-order valence-corrected chi connectivity index (χ4v) is 1.74. The highest BCUT2D eigenvalue weighted by atomic mass is 35.5. The molecular formula is C12H13ClN2O2. The lowest BCUT2D eigenvalue weighted by Crippen LogP contribution is -2.21. The molecule has 0 atom stereocenters. The number of benzene rings is 1. The van der Waals surface area contributed by atoms with Crippen molar-refractivity contribution in [1.29, 1.82) is 5.26 Å². The Morgan fingerprint density at radius 1 is 1.59 bits per heavy atom. The second-order valence-electron chi connectivity index (χ2n) is 3.61. The molecule has 0 fully saturated rings. The second kappa shape index (κ2) is 5.55. The molecule has 0 bridgehead atoms. The van der Waals surface area contributed by atoms with E-state index in [1.807, 2.05) is 19.9 Å². The number of halogens is 1. The second-order valence-corrected chi connectivity index (χ2v) is 3.99. The fourth-order valence-electron chi connectivity index (χ4n) is 1.57. The van der Waals surface area contributed by atoms with Crippen molar-refractivity contribution in [3.8, 4) is 11.8 Å². The molecule has 0 radical (unpaired) electrons. The summed E-state index contributed by atoms with van der Waals surface area (Å²) in [6.07, 6.45) is 0. The summed E-state index contributed by atoms with van der Waals surface area (Å²) in [6.45, 7) is 3.96. The van der Waals surface area contributed by atoms with Crippen LogP contribution in [0.1, 0.15) is 16.7 Å². The lowest BCUT2D eigenvalue weighted by molar-refractivity contribution is -0.116. The molecule has 0 unspecified atom stereocenters. The highest BCUT2D eigenvalue weighted by molar-refractivity contribution is 6.32. The number of aryl methyl sites for hydroxylation is 1. The van der Waals surface area contributed by atoms with Crippen molar-refractivity contribution in [1.82, 2.24) is 5.32 Å². The van der Waals surface area contributed by atoms with Gasteiger partial charge in [-0.2, -0.15) is 5.26 Å². The van der Waals surface area contributed by atoms with E-state index in [-0.39, 0.29) is 6.54 Å². The van der Waals surface area contributed by atoms with E-state index in [0.717, 1.165) is 16.7 Å². The first-order valence-electron chi connectivity index (χ1n) is 5.01. The molecule has 1 aromatic rings. The summed E-state index contributed by atoms with van der Waals surface area (Å²) in [7, 11) is 1.55. The smallest absolute Gasteiger partial charge is 0.322 e. The Morgan fingerprint density at radius 3 is 2.76 bits per heavy atom. The van der Waals surface area contributed by atoms with E-state index in [1.54, 1.807) is 7.11 Å². The maximum absolute atomic E-state index is 10.9. The zero-order valence-electron chi connectivity index (χ0n) is 9.93. The van der Waals surface area contributed by atoms with E-state index >= 15 is 0 Å². The lowest BCUT2D eigenvalue weighted by Gasteiger charge is -2.14. The van der Waals surface area contributed by atoms with Gasteiger partial charge in [0.15, 0.2) is 6.07 Å². The minimum Gasteiger partial charge on any atom is -0.496 e. The van der Waals surface area contributed by atoms with Crippen LogP contribution in [-0.4, -0.2) is 13.0 Å². The predicted octanol–water partition coefficient (Wildman–Crippen LogP) is 2.11. The number of hydrogen-bond donors (Lipinski definition) is 1. The van der Waals surface area contributed by atoms with Gasteiger partial charge >= 0.3 is 5.91 Å². The maximum Gasteiger partial charge on any atom is 0.322 e. The molecule has 1 rings (SSSR count). The number of nitrogens with zero attached hydrogens (tertiary/aromatic N) is 1. The van der Waals surface area contributed by atoms with Crippen molar-refractivity contribution in [2.75, 3.05) is 7.11 Å². The van der Waals surface area contributed by atoms with Gasteiger partial charge in [-0.3, -0.25) is 4.79 Å². The third-order valence-electron chi connectivity index (χ3n) is 2.52. The number of carbonyl (C=O) groups excluding carboxylic acids is 1. The average molecular weight is 253 g/mol. The van der Waals surface area contributed by atoms with Crippen LogP contribution in [0.5, 0.6) is 5.75 Å². The van der Waals surface area contributed by atoms with E-state index in [1.165, 1.54) is 6.07 Å². The van der Waals surface area contributed by atoms with Crippen LogP contribution in [0.15, 0.2) is 6.07 Å². The molecule has 4 nitrogen and oxygen atoms in total. The molecule has 1 N–H and O–H groups in total. The Labute approximate surface area is 105 Å². The van der Waals surface area contributed by atoms with Crippen LogP contribution in [0.25, 0.3) is 0 Å². The van der Waals surface area contributed by atoms with Crippen molar-refractivity contribution in [2.24, 2.45) is 0 Å². The number of nitrogens with one attached hydrogen (secondary N) is 1. The van der Waals surface area contributed by atoms with Gasteiger partial charge < -0.3 is 10.1 Å². The number of rotatable bonds is 3. The first-order chi connectivity index (χ1) is 8.01. The van der Waals surface area contributed by atoms with Gasteiger partial charge in [-0.1, -0.05) is 11.6 Å². The van der Waals surface area contributed by atoms with E-state index in [2.05, 4.69) is 5.32 Å². The maximum atomic E-state index is 10.9. The molecule has 0 saturated heterocycles. The summed E-state index contributed by atoms with van der Waals surface area (Å²) in [5, 5.41) is 11.5. The van der Waals surface area contributed by atoms with Gasteiger partial charge in [-0.15, -0.1) is 0 Å². The van der Waals surface area contributed by atoms with Crippen LogP contribution >= 0.6 is 11.6 Å². The Bertz CT molecular complexity index is 492. The summed E-state index contributed by atoms with van der Waals surface area (Å²) < 4.78 is 5.24. The topological polar surface area (TPSA) is 62.1 Å². The van der Waals surface area contributed by atoms with Crippen LogP contribution < -0.4 is 10.1 Å². The zero-order valence-corrected chi connectivity index (χ0v) is 10.7. The number of amides is 1. The third-order valence-corrected chi connectivity index (χ3v) is 3.10. The minimum absolute atomic E-state index is 0.224. The van der Waals surface area contributed by atoms with Crippen molar-refractivity contribution in [3.63, 3.8) is 0 Å². The molecule has 0 spiro atoms. The van der Waals surface area contributed by atoms with Crippen molar-refractivity contribution in [3.05, 3.63) is 27.8 Å². The molecule has 0 aliphatic heterocycles. The molecule has 1 aromatic carbocycles. The van der Waals surface area contributed by atoms with Gasteiger partial charge in [0, 0.05) is 17.1 Å². The van der Waals surface area contributed by atoms with Gasteiger partial charge in [0.2, 0.25) is 0 Å². The highest BCUT2D eigenvalue weighted by Crippen LogP contribution is 2.31. The van der Waals surface area contributed by atoms with Crippen LogP contribution in [0.4, 0.5) is 0 Å². The van der Waals surface area contributed by atoms with Crippen LogP contribution in [0.3, 0.4) is 0 Å². The molecule has 0 aromatic heterocycles. The quantitative estimate of drug-likeness (QED) is 0.838. The first kappa shape index (κ1) is 13.3. The average Bonchev–Trinajstić information content (AvgIpc) is 2.33. The van der Waals surface area contributed by atoms with Gasteiger partial charge in [0.1, 0.15) is 5.75 Å². The van der Waals surface area contributed by atoms with Crippen LogP contribution in [0.2, 0.25) is 5.02 Å². The molecule has 0 aliphatic rings. The van der Waals surface area contributed by atoms with Crippen molar-refractivity contribution in [2.45, 2.75) is 20.4 Å². The van der Waals surface area contributed by atoms with E-state index < -0.39 is 5.91 Å². The lowest BCUT2D eigenvalue weighted by atomic mass is 10.0. The molecular weight excluding hydrogens is 240 g/mol. The summed E-state index contributed by atoms with van der Waals surface area (Å²) in [4.78, 5) is 10.9. The Hall–Kier alpha value is -1.73. The number of nitriles is 1. The van der Waals surface area contributed by atoms with Gasteiger partial charge in [0.05, 0.1) is 7.11 Å². The Morgan fingerprint density at radius 2 is 2.24 bits per heavy atom. The summed E-state index contributed by atoms with van der Waals surface area (Å²) in [5.41, 5.74) is 2.55. The number of methoxy groups -OCH3 is 1.